The van der Waals surface area contributed by atoms with E-state index in [1.807, 2.05) is 84.9 Å². The molecule has 32 heavy (non-hydrogen) atoms. The summed E-state index contributed by atoms with van der Waals surface area (Å²) in [6.45, 7) is 0.508. The van der Waals surface area contributed by atoms with Crippen LogP contribution in [0.5, 0.6) is 5.75 Å². The third-order valence-electron chi connectivity index (χ3n) is 4.95. The van der Waals surface area contributed by atoms with E-state index >= 15 is 0 Å². The Morgan fingerprint density at radius 2 is 1.69 bits per heavy atom. The summed E-state index contributed by atoms with van der Waals surface area (Å²) in [4.78, 5) is 17.3. The molecule has 1 heterocycles. The number of carbonyl (C=O) groups excluding carboxylic acids is 1. The van der Waals surface area contributed by atoms with Crippen molar-refractivity contribution in [1.82, 2.24) is 20.5 Å². The summed E-state index contributed by atoms with van der Waals surface area (Å²) in [6, 6.07) is 27.5. The van der Waals surface area contributed by atoms with Crippen molar-refractivity contribution in [2.45, 2.75) is 23.4 Å². The second-order valence-electron chi connectivity index (χ2n) is 7.18. The molecule has 1 aromatic heterocycles. The first kappa shape index (κ1) is 21.6. The fourth-order valence-electron chi connectivity index (χ4n) is 3.24. The number of amides is 1. The third-order valence-corrected chi connectivity index (χ3v) is 6.07. The van der Waals surface area contributed by atoms with Crippen LogP contribution in [0.15, 0.2) is 90.1 Å². The van der Waals surface area contributed by atoms with Gasteiger partial charge < -0.3 is 10.1 Å². The minimum Gasteiger partial charge on any atom is -0.497 e. The van der Waals surface area contributed by atoms with E-state index in [2.05, 4.69) is 20.5 Å². The number of aromatic amines is 1. The van der Waals surface area contributed by atoms with Gasteiger partial charge in [0.1, 0.15) is 5.75 Å². The van der Waals surface area contributed by atoms with Crippen molar-refractivity contribution < 1.29 is 9.53 Å². The number of benzene rings is 3. The van der Waals surface area contributed by atoms with Crippen LogP contribution in [0.1, 0.15) is 22.8 Å². The first-order valence-electron chi connectivity index (χ1n) is 10.3. The van der Waals surface area contributed by atoms with E-state index in [-0.39, 0.29) is 11.2 Å². The third kappa shape index (κ3) is 5.76. The fraction of sp³-hybridized carbons (Fsp3) is 0.160. The summed E-state index contributed by atoms with van der Waals surface area (Å²) < 4.78 is 5.21. The van der Waals surface area contributed by atoms with Crippen molar-refractivity contribution in [2.24, 2.45) is 0 Å². The molecular weight excluding hydrogens is 420 g/mol. The van der Waals surface area contributed by atoms with Gasteiger partial charge in [0, 0.05) is 23.8 Å². The van der Waals surface area contributed by atoms with Gasteiger partial charge in [0.25, 0.3) is 0 Å². The number of rotatable bonds is 9. The van der Waals surface area contributed by atoms with Crippen molar-refractivity contribution in [1.29, 1.82) is 0 Å². The predicted molar refractivity (Wildman–Crippen MR) is 126 cm³/mol. The Bertz CT molecular complexity index is 1130. The van der Waals surface area contributed by atoms with E-state index in [9.17, 15) is 4.79 Å². The molecule has 2 N–H and O–H groups in total. The monoisotopic (exact) mass is 444 g/mol. The SMILES string of the molecule is COc1ccc(-c2nc(SC(CC(=O)NCc3ccccc3)c3ccccc3)n[nH]2)cc1. The molecule has 0 radical (unpaired) electrons. The van der Waals surface area contributed by atoms with E-state index in [0.29, 0.717) is 23.9 Å². The molecule has 4 rings (SSSR count). The highest BCUT2D eigenvalue weighted by Gasteiger charge is 2.20. The van der Waals surface area contributed by atoms with Crippen molar-refractivity contribution in [3.05, 3.63) is 96.1 Å². The summed E-state index contributed by atoms with van der Waals surface area (Å²) in [5, 5.41) is 10.9. The molecule has 0 aliphatic heterocycles. The highest BCUT2D eigenvalue weighted by atomic mass is 32.2. The minimum absolute atomic E-state index is 0.0129. The van der Waals surface area contributed by atoms with Gasteiger partial charge in [-0.25, -0.2) is 4.98 Å². The number of nitrogens with zero attached hydrogens (tertiary/aromatic N) is 2. The molecule has 1 atom stereocenters. The van der Waals surface area contributed by atoms with E-state index in [4.69, 9.17) is 4.74 Å². The predicted octanol–water partition coefficient (Wildman–Crippen LogP) is 5.02. The van der Waals surface area contributed by atoms with Gasteiger partial charge in [0.2, 0.25) is 11.1 Å². The van der Waals surface area contributed by atoms with Crippen LogP contribution in [-0.4, -0.2) is 28.2 Å². The molecule has 1 unspecified atom stereocenters. The second kappa shape index (κ2) is 10.6. The molecule has 162 valence electrons. The molecule has 0 saturated carbocycles. The number of hydrogen-bond acceptors (Lipinski definition) is 5. The van der Waals surface area contributed by atoms with E-state index in [0.717, 1.165) is 22.4 Å². The second-order valence-corrected chi connectivity index (χ2v) is 8.35. The van der Waals surface area contributed by atoms with Gasteiger partial charge in [-0.3, -0.25) is 9.89 Å². The Hall–Kier alpha value is -3.58. The van der Waals surface area contributed by atoms with E-state index in [1.165, 1.54) is 11.8 Å². The molecule has 0 spiro atoms. The Morgan fingerprint density at radius 3 is 2.38 bits per heavy atom. The average molecular weight is 445 g/mol. The van der Waals surface area contributed by atoms with Crippen LogP contribution in [-0.2, 0) is 11.3 Å². The lowest BCUT2D eigenvalue weighted by Gasteiger charge is -2.15. The van der Waals surface area contributed by atoms with E-state index < -0.39 is 0 Å². The fourth-order valence-corrected chi connectivity index (χ4v) is 4.26. The van der Waals surface area contributed by atoms with Crippen LogP contribution in [0.2, 0.25) is 0 Å². The van der Waals surface area contributed by atoms with Crippen LogP contribution in [0, 0.1) is 0 Å². The summed E-state index contributed by atoms with van der Waals surface area (Å²) >= 11 is 1.48. The molecular formula is C25H24N4O2S. The van der Waals surface area contributed by atoms with Gasteiger partial charge >= 0.3 is 0 Å². The molecule has 0 aliphatic rings. The number of hydrogen-bond donors (Lipinski definition) is 2. The summed E-state index contributed by atoms with van der Waals surface area (Å²) in [5.41, 5.74) is 3.05. The first-order chi connectivity index (χ1) is 15.7. The van der Waals surface area contributed by atoms with Gasteiger partial charge in [-0.1, -0.05) is 72.4 Å². The Kier molecular flexibility index (Phi) is 7.19. The molecule has 0 saturated heterocycles. The van der Waals surface area contributed by atoms with Gasteiger partial charge in [-0.2, -0.15) is 0 Å². The maximum atomic E-state index is 12.7. The molecule has 1 amide bonds. The van der Waals surface area contributed by atoms with Gasteiger partial charge in [-0.15, -0.1) is 5.10 Å². The number of aromatic nitrogens is 3. The average Bonchev–Trinajstić information content (AvgIpc) is 3.32. The number of H-pyrrole nitrogens is 1. The highest BCUT2D eigenvalue weighted by Crippen LogP contribution is 2.36. The van der Waals surface area contributed by atoms with Crippen LogP contribution in [0.25, 0.3) is 11.4 Å². The zero-order valence-electron chi connectivity index (χ0n) is 17.7. The molecule has 4 aromatic rings. The molecule has 6 nitrogen and oxygen atoms in total. The Balaban J connectivity index is 1.45. The molecule has 0 fully saturated rings. The highest BCUT2D eigenvalue weighted by molar-refractivity contribution is 7.99. The van der Waals surface area contributed by atoms with E-state index in [1.54, 1.807) is 7.11 Å². The first-order valence-corrected chi connectivity index (χ1v) is 11.2. The normalized spacial score (nSPS) is 11.7. The number of ether oxygens (including phenoxy) is 1. The van der Waals surface area contributed by atoms with Crippen molar-refractivity contribution in [3.63, 3.8) is 0 Å². The number of nitrogens with one attached hydrogen (secondary N) is 2. The zero-order valence-corrected chi connectivity index (χ0v) is 18.5. The molecule has 7 heteroatoms. The van der Waals surface area contributed by atoms with Crippen LogP contribution < -0.4 is 10.1 Å². The van der Waals surface area contributed by atoms with Crippen molar-refractivity contribution in [3.8, 4) is 17.1 Å². The maximum absolute atomic E-state index is 12.7. The summed E-state index contributed by atoms with van der Waals surface area (Å²) in [5.74, 6) is 1.45. The maximum Gasteiger partial charge on any atom is 0.221 e. The van der Waals surface area contributed by atoms with Gasteiger partial charge in [-0.05, 0) is 35.4 Å². The lowest BCUT2D eigenvalue weighted by molar-refractivity contribution is -0.121. The van der Waals surface area contributed by atoms with Crippen molar-refractivity contribution in [2.75, 3.05) is 7.11 Å². The van der Waals surface area contributed by atoms with Crippen molar-refractivity contribution >= 4 is 17.7 Å². The van der Waals surface area contributed by atoms with Crippen LogP contribution in [0.3, 0.4) is 0 Å². The van der Waals surface area contributed by atoms with Gasteiger partial charge in [0.15, 0.2) is 5.82 Å². The molecule has 0 bridgehead atoms. The van der Waals surface area contributed by atoms with Crippen LogP contribution in [0.4, 0.5) is 0 Å². The number of thioether (sulfide) groups is 1. The molecule has 3 aromatic carbocycles. The minimum atomic E-state index is -0.105. The number of carbonyl (C=O) groups is 1. The lowest BCUT2D eigenvalue weighted by Crippen LogP contribution is -2.24. The summed E-state index contributed by atoms with van der Waals surface area (Å²) in [6.07, 6.45) is 0.327. The Morgan fingerprint density at radius 1 is 1.00 bits per heavy atom. The molecule has 0 aliphatic carbocycles. The summed E-state index contributed by atoms with van der Waals surface area (Å²) in [7, 11) is 1.64. The number of methoxy groups -OCH3 is 1. The standard InChI is InChI=1S/C25H24N4O2S/c1-31-21-14-12-20(13-15-21)24-27-25(29-28-24)32-22(19-10-6-3-7-11-19)16-23(30)26-17-18-8-4-2-5-9-18/h2-15,22H,16-17H2,1H3,(H,26,30)(H,27,28,29). The topological polar surface area (TPSA) is 79.9 Å². The quantitative estimate of drug-likeness (QED) is 0.354. The smallest absolute Gasteiger partial charge is 0.221 e. The lowest BCUT2D eigenvalue weighted by atomic mass is 10.1. The zero-order chi connectivity index (χ0) is 22.2. The largest absolute Gasteiger partial charge is 0.497 e. The Labute approximate surface area is 191 Å². The van der Waals surface area contributed by atoms with Crippen LogP contribution >= 0.6 is 11.8 Å². The van der Waals surface area contributed by atoms with Gasteiger partial charge in [0.05, 0.1) is 7.11 Å².